The maximum atomic E-state index is 4.09. The van der Waals surface area contributed by atoms with Crippen molar-refractivity contribution >= 4 is 0 Å². The molecule has 14 heavy (non-hydrogen) atoms. The second-order valence-electron chi connectivity index (χ2n) is 3.79. The molecule has 0 aliphatic heterocycles. The largest absolute Gasteiger partial charge is 0.373 e. The number of rotatable bonds is 4. The highest BCUT2D eigenvalue weighted by molar-refractivity contribution is 5.42. The minimum Gasteiger partial charge on any atom is -0.373 e. The maximum Gasteiger partial charge on any atom is 0.0601 e. The molecule has 0 aromatic rings. The van der Waals surface area contributed by atoms with Gasteiger partial charge in [-0.25, -0.2) is 0 Å². The second-order valence-corrected chi connectivity index (χ2v) is 3.79. The molecule has 0 amide bonds. The van der Waals surface area contributed by atoms with Crippen molar-refractivity contribution in [2.45, 2.75) is 19.9 Å². The molecular weight excluding hydrogens is 170 g/mol. The van der Waals surface area contributed by atoms with Gasteiger partial charge in [0.05, 0.1) is 6.04 Å². The van der Waals surface area contributed by atoms with Gasteiger partial charge in [-0.2, -0.15) is 0 Å². The van der Waals surface area contributed by atoms with Crippen LogP contribution in [-0.2, 0) is 0 Å². The molecule has 0 saturated heterocycles. The third kappa shape index (κ3) is 1.98. The van der Waals surface area contributed by atoms with E-state index in [-0.39, 0.29) is 0 Å². The Labute approximate surface area is 87.1 Å². The van der Waals surface area contributed by atoms with Gasteiger partial charge < -0.3 is 4.90 Å². The van der Waals surface area contributed by atoms with Crippen molar-refractivity contribution in [2.75, 3.05) is 7.05 Å². The van der Waals surface area contributed by atoms with Gasteiger partial charge in [0.25, 0.3) is 0 Å². The average molecular weight is 189 g/mol. The summed E-state index contributed by atoms with van der Waals surface area (Å²) in [4.78, 5) is 2.22. The highest BCUT2D eigenvalue weighted by Crippen LogP contribution is 2.45. The molecule has 1 saturated carbocycles. The number of allylic oxidation sites excluding steroid dienone is 3. The molecule has 1 rings (SSSR count). The van der Waals surface area contributed by atoms with Crippen LogP contribution < -0.4 is 0 Å². The van der Waals surface area contributed by atoms with E-state index in [0.717, 1.165) is 0 Å². The summed E-state index contributed by atoms with van der Waals surface area (Å²) in [7, 11) is 2.09. The van der Waals surface area contributed by atoms with E-state index in [9.17, 15) is 0 Å². The molecule has 2 unspecified atom stereocenters. The maximum absolute atomic E-state index is 4.09. The number of hydrogen-bond donors (Lipinski definition) is 0. The molecule has 0 N–H and O–H groups in total. The molecule has 1 fully saturated rings. The van der Waals surface area contributed by atoms with Crippen LogP contribution >= 0.6 is 0 Å². The van der Waals surface area contributed by atoms with Crippen LogP contribution in [0.5, 0.6) is 0 Å². The highest BCUT2D eigenvalue weighted by atomic mass is 15.2. The lowest BCUT2D eigenvalue weighted by atomic mass is 10.1. The Kier molecular flexibility index (Phi) is 3.34. The van der Waals surface area contributed by atoms with Crippen LogP contribution in [0, 0.1) is 5.92 Å². The minimum absolute atomic E-state index is 0.488. The lowest BCUT2D eigenvalue weighted by Crippen LogP contribution is -2.15. The summed E-state index contributed by atoms with van der Waals surface area (Å²) in [5.41, 5.74) is 2.66. The first-order valence-corrected chi connectivity index (χ1v) is 4.96. The van der Waals surface area contributed by atoms with Crippen molar-refractivity contribution in [3.63, 3.8) is 0 Å². The SMILES string of the molecule is C=C/C=C(\C)C1C(=C)C1N(C)/C=C\C. The quantitative estimate of drug-likeness (QED) is 0.485. The van der Waals surface area contributed by atoms with Gasteiger partial charge in [-0.15, -0.1) is 0 Å². The van der Waals surface area contributed by atoms with Crippen molar-refractivity contribution in [1.29, 1.82) is 0 Å². The number of likely N-dealkylation sites (N-methyl/N-ethyl adjacent to an activating group) is 1. The third-order valence-electron chi connectivity index (χ3n) is 2.68. The van der Waals surface area contributed by atoms with Crippen LogP contribution in [-0.4, -0.2) is 18.0 Å². The van der Waals surface area contributed by atoms with E-state index in [4.69, 9.17) is 0 Å². The first-order valence-electron chi connectivity index (χ1n) is 4.96. The summed E-state index contributed by atoms with van der Waals surface area (Å²) in [6.07, 6.45) is 8.05. The smallest absolute Gasteiger partial charge is 0.0601 e. The molecule has 1 aliphatic carbocycles. The zero-order valence-electron chi connectivity index (χ0n) is 9.33. The van der Waals surface area contributed by atoms with Crippen LogP contribution in [0.4, 0.5) is 0 Å². The van der Waals surface area contributed by atoms with Crippen molar-refractivity contribution in [3.05, 3.63) is 48.7 Å². The van der Waals surface area contributed by atoms with Crippen LogP contribution in [0.1, 0.15) is 13.8 Å². The zero-order valence-corrected chi connectivity index (χ0v) is 9.33. The monoisotopic (exact) mass is 189 g/mol. The Bertz CT molecular complexity index is 296. The van der Waals surface area contributed by atoms with Gasteiger partial charge in [-0.05, 0) is 25.6 Å². The fraction of sp³-hybridized carbons (Fsp3) is 0.385. The summed E-state index contributed by atoms with van der Waals surface area (Å²) < 4.78 is 0. The molecule has 0 radical (unpaired) electrons. The van der Waals surface area contributed by atoms with E-state index in [1.54, 1.807) is 0 Å². The molecule has 0 aromatic carbocycles. The zero-order chi connectivity index (χ0) is 10.7. The molecule has 0 aromatic heterocycles. The Morgan fingerprint density at radius 3 is 2.64 bits per heavy atom. The molecule has 1 nitrogen and oxygen atoms in total. The number of nitrogens with zero attached hydrogens (tertiary/aromatic N) is 1. The van der Waals surface area contributed by atoms with E-state index in [0.29, 0.717) is 12.0 Å². The summed E-state index contributed by atoms with van der Waals surface area (Å²) >= 11 is 0. The molecule has 1 heteroatoms. The van der Waals surface area contributed by atoms with Gasteiger partial charge >= 0.3 is 0 Å². The molecule has 0 spiro atoms. The number of hydrogen-bond acceptors (Lipinski definition) is 1. The van der Waals surface area contributed by atoms with Crippen LogP contribution in [0.3, 0.4) is 0 Å². The second kappa shape index (κ2) is 4.32. The van der Waals surface area contributed by atoms with Gasteiger partial charge in [0.1, 0.15) is 0 Å². The normalized spacial score (nSPS) is 26.8. The van der Waals surface area contributed by atoms with E-state index in [2.05, 4.69) is 50.4 Å². The fourth-order valence-electron chi connectivity index (χ4n) is 1.95. The van der Waals surface area contributed by atoms with Crippen molar-refractivity contribution in [1.82, 2.24) is 4.90 Å². The molecule has 0 bridgehead atoms. The van der Waals surface area contributed by atoms with Crippen molar-refractivity contribution in [3.8, 4) is 0 Å². The van der Waals surface area contributed by atoms with E-state index >= 15 is 0 Å². The fourth-order valence-corrected chi connectivity index (χ4v) is 1.95. The minimum atomic E-state index is 0.488. The lowest BCUT2D eigenvalue weighted by Gasteiger charge is -2.12. The van der Waals surface area contributed by atoms with E-state index in [1.807, 2.05) is 13.0 Å². The summed E-state index contributed by atoms with van der Waals surface area (Å²) in [6.45, 7) is 12.0. The van der Waals surface area contributed by atoms with Crippen LogP contribution in [0.2, 0.25) is 0 Å². The van der Waals surface area contributed by atoms with Crippen LogP contribution in [0.25, 0.3) is 0 Å². The van der Waals surface area contributed by atoms with Crippen molar-refractivity contribution in [2.24, 2.45) is 5.92 Å². The first-order chi connectivity index (χ1) is 6.63. The predicted octanol–water partition coefficient (Wildman–Crippen LogP) is 3.14. The lowest BCUT2D eigenvalue weighted by molar-refractivity contribution is 0.437. The Morgan fingerprint density at radius 1 is 1.50 bits per heavy atom. The Hall–Kier alpha value is -1.24. The molecular formula is C13H19N. The van der Waals surface area contributed by atoms with Crippen LogP contribution in [0.15, 0.2) is 48.7 Å². The summed E-state index contributed by atoms with van der Waals surface area (Å²) in [6, 6.07) is 0.488. The first kappa shape index (κ1) is 10.8. The van der Waals surface area contributed by atoms with Gasteiger partial charge in [0.15, 0.2) is 0 Å². The van der Waals surface area contributed by atoms with Gasteiger partial charge in [0, 0.05) is 13.0 Å². The third-order valence-corrected chi connectivity index (χ3v) is 2.68. The van der Waals surface area contributed by atoms with E-state index in [1.165, 1.54) is 11.1 Å². The highest BCUT2D eigenvalue weighted by Gasteiger charge is 2.45. The topological polar surface area (TPSA) is 3.24 Å². The molecule has 2 atom stereocenters. The average Bonchev–Trinajstić information content (AvgIpc) is 2.78. The van der Waals surface area contributed by atoms with E-state index < -0.39 is 0 Å². The Morgan fingerprint density at radius 2 is 2.14 bits per heavy atom. The Balaban J connectivity index is 2.66. The van der Waals surface area contributed by atoms with Gasteiger partial charge in [-0.1, -0.05) is 37.0 Å². The van der Waals surface area contributed by atoms with Gasteiger partial charge in [0.2, 0.25) is 0 Å². The molecule has 76 valence electrons. The predicted molar refractivity (Wildman–Crippen MR) is 62.9 cm³/mol. The van der Waals surface area contributed by atoms with Gasteiger partial charge in [-0.3, -0.25) is 0 Å². The molecule has 0 heterocycles. The summed E-state index contributed by atoms with van der Waals surface area (Å²) in [5.74, 6) is 0.522. The van der Waals surface area contributed by atoms with Crippen molar-refractivity contribution < 1.29 is 0 Å². The standard InChI is InChI=1S/C13H19N/c1-6-8-10(3)12-11(4)13(12)14(5)9-7-2/h6-9,12-13H,1,4H2,2-3,5H3/b9-7-,10-8+. The molecule has 1 aliphatic rings. The summed E-state index contributed by atoms with van der Waals surface area (Å²) in [5, 5.41) is 0.